The van der Waals surface area contributed by atoms with Gasteiger partial charge in [-0.3, -0.25) is 4.79 Å². The van der Waals surface area contributed by atoms with Gasteiger partial charge < -0.3 is 19.6 Å². The van der Waals surface area contributed by atoms with Gasteiger partial charge in [0.15, 0.2) is 0 Å². The molecule has 0 bridgehead atoms. The molecule has 0 N–H and O–H groups in total. The molecule has 2 heterocycles. The molecule has 0 radical (unpaired) electrons. The lowest BCUT2D eigenvalue weighted by Gasteiger charge is -2.40. The van der Waals surface area contributed by atoms with Gasteiger partial charge >= 0.3 is 6.03 Å². The molecule has 2 aliphatic heterocycles. The predicted molar refractivity (Wildman–Crippen MR) is 116 cm³/mol. The number of likely N-dealkylation sites (N-methyl/N-ethyl adjacent to an activating group) is 1. The minimum absolute atomic E-state index is 0.0500. The van der Waals surface area contributed by atoms with Crippen molar-refractivity contribution in [2.75, 3.05) is 53.9 Å². The summed E-state index contributed by atoms with van der Waals surface area (Å²) in [7, 11) is 5.75. The Morgan fingerprint density at radius 2 is 1.66 bits per heavy atom. The van der Waals surface area contributed by atoms with E-state index in [4.69, 9.17) is 0 Å². The second-order valence-electron chi connectivity index (χ2n) is 8.73. The maximum atomic E-state index is 13.1. The fourth-order valence-corrected chi connectivity index (χ4v) is 4.51. The van der Waals surface area contributed by atoms with Crippen LogP contribution in [0.25, 0.3) is 0 Å². The van der Waals surface area contributed by atoms with Gasteiger partial charge in [0.25, 0.3) is 0 Å². The van der Waals surface area contributed by atoms with E-state index in [1.54, 1.807) is 19.0 Å². The average Bonchev–Trinajstić information content (AvgIpc) is 2.77. The van der Waals surface area contributed by atoms with Crippen LogP contribution in [0.5, 0.6) is 0 Å². The highest BCUT2D eigenvalue weighted by Gasteiger charge is 2.33. The number of amides is 3. The lowest BCUT2D eigenvalue weighted by Crippen LogP contribution is -2.52. The first-order valence-corrected chi connectivity index (χ1v) is 10.9. The zero-order chi connectivity index (χ0) is 20.8. The van der Waals surface area contributed by atoms with Crippen molar-refractivity contribution in [3.05, 3.63) is 35.9 Å². The molecule has 0 spiro atoms. The van der Waals surface area contributed by atoms with Gasteiger partial charge in [-0.2, -0.15) is 0 Å². The highest BCUT2D eigenvalue weighted by Crippen LogP contribution is 2.23. The van der Waals surface area contributed by atoms with Crippen LogP contribution in [0.2, 0.25) is 0 Å². The van der Waals surface area contributed by atoms with Crippen LogP contribution in [0.3, 0.4) is 0 Å². The van der Waals surface area contributed by atoms with Crippen molar-refractivity contribution in [2.45, 2.75) is 38.1 Å². The first-order valence-electron chi connectivity index (χ1n) is 10.9. The summed E-state index contributed by atoms with van der Waals surface area (Å²) in [4.78, 5) is 33.2. The second-order valence-corrected chi connectivity index (χ2v) is 8.73. The second kappa shape index (κ2) is 10.1. The first-order chi connectivity index (χ1) is 14.0. The summed E-state index contributed by atoms with van der Waals surface area (Å²) in [6.45, 7) is 4.09. The molecule has 1 aromatic carbocycles. The van der Waals surface area contributed by atoms with E-state index >= 15 is 0 Å². The largest absolute Gasteiger partial charge is 0.341 e. The van der Waals surface area contributed by atoms with Crippen molar-refractivity contribution in [3.63, 3.8) is 0 Å². The average molecular weight is 401 g/mol. The van der Waals surface area contributed by atoms with Gasteiger partial charge in [-0.1, -0.05) is 30.3 Å². The van der Waals surface area contributed by atoms with Crippen LogP contribution in [0.4, 0.5) is 4.79 Å². The Bertz CT molecular complexity index is 671. The van der Waals surface area contributed by atoms with Crippen LogP contribution in [0.1, 0.15) is 31.2 Å². The Hall–Kier alpha value is -2.08. The number of rotatable bonds is 5. The molecule has 3 rings (SSSR count). The molecule has 1 aromatic rings. The number of benzene rings is 1. The van der Waals surface area contributed by atoms with Crippen molar-refractivity contribution in [1.29, 1.82) is 0 Å². The Kier molecular flexibility index (Phi) is 7.53. The summed E-state index contributed by atoms with van der Waals surface area (Å²) in [5.74, 6) is 0.359. The van der Waals surface area contributed by atoms with E-state index in [0.29, 0.717) is 25.0 Å². The number of hydrogen-bond donors (Lipinski definition) is 0. The summed E-state index contributed by atoms with van der Waals surface area (Å²) < 4.78 is 0. The molecule has 6 nitrogen and oxygen atoms in total. The van der Waals surface area contributed by atoms with Gasteiger partial charge in [-0.05, 0) is 44.7 Å². The zero-order valence-electron chi connectivity index (χ0n) is 18.2. The first kappa shape index (κ1) is 21.6. The molecule has 1 atom stereocenters. The van der Waals surface area contributed by atoms with Crippen molar-refractivity contribution in [3.8, 4) is 0 Å². The van der Waals surface area contributed by atoms with Crippen molar-refractivity contribution >= 4 is 11.9 Å². The quantitative estimate of drug-likeness (QED) is 0.763. The van der Waals surface area contributed by atoms with Gasteiger partial charge in [0, 0.05) is 58.8 Å². The maximum Gasteiger partial charge on any atom is 0.319 e. The molecule has 2 saturated heterocycles. The Morgan fingerprint density at radius 3 is 2.31 bits per heavy atom. The van der Waals surface area contributed by atoms with Crippen LogP contribution in [-0.2, 0) is 11.2 Å². The van der Waals surface area contributed by atoms with Crippen LogP contribution < -0.4 is 0 Å². The fraction of sp³-hybridized carbons (Fsp3) is 0.652. The number of piperidine rings is 2. The van der Waals surface area contributed by atoms with Gasteiger partial charge in [0.2, 0.25) is 5.91 Å². The minimum atomic E-state index is 0.0500. The van der Waals surface area contributed by atoms with Crippen molar-refractivity contribution < 1.29 is 9.59 Å². The number of likely N-dealkylation sites (tertiary alicyclic amines) is 2. The molecule has 160 valence electrons. The van der Waals surface area contributed by atoms with E-state index in [1.807, 2.05) is 4.90 Å². The maximum absolute atomic E-state index is 13.1. The van der Waals surface area contributed by atoms with E-state index in [-0.39, 0.29) is 11.9 Å². The monoisotopic (exact) mass is 400 g/mol. The Morgan fingerprint density at radius 1 is 0.966 bits per heavy atom. The smallest absolute Gasteiger partial charge is 0.319 e. The van der Waals surface area contributed by atoms with Crippen molar-refractivity contribution in [1.82, 2.24) is 19.6 Å². The third-order valence-electron chi connectivity index (χ3n) is 6.42. The topological polar surface area (TPSA) is 47.1 Å². The molecular formula is C23H36N4O2. The molecule has 3 amide bonds. The van der Waals surface area contributed by atoms with Crippen molar-refractivity contribution in [2.24, 2.45) is 5.92 Å². The normalized spacial score (nSPS) is 20.8. The highest BCUT2D eigenvalue weighted by molar-refractivity contribution is 5.80. The van der Waals surface area contributed by atoms with E-state index in [2.05, 4.69) is 47.2 Å². The molecule has 0 saturated carbocycles. The fourth-order valence-electron chi connectivity index (χ4n) is 4.51. The highest BCUT2D eigenvalue weighted by atomic mass is 16.2. The van der Waals surface area contributed by atoms with E-state index in [1.165, 1.54) is 5.56 Å². The zero-order valence-corrected chi connectivity index (χ0v) is 18.2. The van der Waals surface area contributed by atoms with Gasteiger partial charge in [-0.25, -0.2) is 4.79 Å². The molecule has 1 unspecified atom stereocenters. The Balaban J connectivity index is 1.47. The summed E-state index contributed by atoms with van der Waals surface area (Å²) in [5, 5.41) is 0. The molecule has 6 heteroatoms. The number of carbonyl (C=O) groups excluding carboxylic acids is 2. The van der Waals surface area contributed by atoms with E-state index in [9.17, 15) is 9.59 Å². The van der Waals surface area contributed by atoms with E-state index < -0.39 is 0 Å². The molecule has 0 aromatic heterocycles. The SMILES string of the molecule is CN(C)C(=O)N1CCC(C(=O)N2CCCC(N(C)CCc3ccccc3)C2)CC1. The lowest BCUT2D eigenvalue weighted by molar-refractivity contribution is -0.139. The van der Waals surface area contributed by atoms with E-state index in [0.717, 1.165) is 51.7 Å². The van der Waals surface area contributed by atoms with Gasteiger partial charge in [-0.15, -0.1) is 0 Å². The Labute approximate surface area is 175 Å². The van der Waals surface area contributed by atoms with Gasteiger partial charge in [0.05, 0.1) is 0 Å². The summed E-state index contributed by atoms with van der Waals surface area (Å²) in [6, 6.07) is 11.1. The van der Waals surface area contributed by atoms with Crippen LogP contribution in [-0.4, -0.2) is 91.4 Å². The number of carbonyl (C=O) groups is 2. The predicted octanol–water partition coefficient (Wildman–Crippen LogP) is 2.55. The third-order valence-corrected chi connectivity index (χ3v) is 6.42. The molecule has 2 fully saturated rings. The third kappa shape index (κ3) is 5.72. The number of hydrogen-bond acceptors (Lipinski definition) is 3. The molecule has 0 aliphatic carbocycles. The van der Waals surface area contributed by atoms with Crippen LogP contribution in [0.15, 0.2) is 30.3 Å². The summed E-state index contributed by atoms with van der Waals surface area (Å²) in [6.07, 6.45) is 4.84. The van der Waals surface area contributed by atoms with Crippen LogP contribution in [0, 0.1) is 5.92 Å². The summed E-state index contributed by atoms with van der Waals surface area (Å²) in [5.41, 5.74) is 1.36. The van der Waals surface area contributed by atoms with Gasteiger partial charge in [0.1, 0.15) is 0 Å². The lowest BCUT2D eigenvalue weighted by atomic mass is 9.93. The minimum Gasteiger partial charge on any atom is -0.341 e. The number of nitrogens with zero attached hydrogens (tertiary/aromatic N) is 4. The summed E-state index contributed by atoms with van der Waals surface area (Å²) >= 11 is 0. The molecular weight excluding hydrogens is 364 g/mol. The standard InChI is InChI=1S/C23H36N4O2/c1-24(2)23(29)26-16-12-20(13-17-26)22(28)27-14-7-10-21(18-27)25(3)15-11-19-8-5-4-6-9-19/h4-6,8-9,20-21H,7,10-18H2,1-3H3. The molecule has 2 aliphatic rings. The number of urea groups is 1. The molecule has 29 heavy (non-hydrogen) atoms. The van der Waals surface area contributed by atoms with Crippen LogP contribution >= 0.6 is 0 Å².